The van der Waals surface area contributed by atoms with Crippen LogP contribution in [0.25, 0.3) is 0 Å². The standard InChI is InChI=1S/C25H24N2O6S/c26-34(30,31)20-11-12-22(27-13-15-32-16-14-27)21(17-20)25(29)33-24(19-9-5-2-6-10-19)23(28)18-7-3-1-4-8-18/h1-12,17,24H,13-16H2,(H2,26,30,31)/t24-/m0/s1. The van der Waals surface area contributed by atoms with Crippen molar-refractivity contribution in [3.05, 3.63) is 95.6 Å². The zero-order valence-electron chi connectivity index (χ0n) is 18.3. The summed E-state index contributed by atoms with van der Waals surface area (Å²) in [6.07, 6.45) is -1.22. The highest BCUT2D eigenvalue weighted by molar-refractivity contribution is 7.89. The van der Waals surface area contributed by atoms with Crippen molar-refractivity contribution in [3.8, 4) is 0 Å². The number of nitrogens with two attached hydrogens (primary N) is 1. The summed E-state index contributed by atoms with van der Waals surface area (Å²) in [7, 11) is -4.06. The van der Waals surface area contributed by atoms with Crippen molar-refractivity contribution in [3.63, 3.8) is 0 Å². The molecule has 1 aliphatic heterocycles. The fourth-order valence-electron chi connectivity index (χ4n) is 3.76. The number of hydrogen-bond donors (Lipinski definition) is 1. The van der Waals surface area contributed by atoms with Crippen LogP contribution in [0.3, 0.4) is 0 Å². The molecule has 1 atom stereocenters. The van der Waals surface area contributed by atoms with Gasteiger partial charge in [-0.2, -0.15) is 0 Å². The average molecular weight is 481 g/mol. The normalized spacial score (nSPS) is 14.9. The van der Waals surface area contributed by atoms with E-state index in [2.05, 4.69) is 0 Å². The second kappa shape index (κ2) is 10.2. The summed E-state index contributed by atoms with van der Waals surface area (Å²) < 4.78 is 35.1. The molecule has 0 amide bonds. The monoisotopic (exact) mass is 480 g/mol. The Bertz CT molecular complexity index is 1270. The third kappa shape index (κ3) is 5.33. The highest BCUT2D eigenvalue weighted by Crippen LogP contribution is 2.29. The number of rotatable bonds is 7. The van der Waals surface area contributed by atoms with Crippen molar-refractivity contribution in [2.24, 2.45) is 5.14 Å². The first-order valence-corrected chi connectivity index (χ1v) is 12.2. The molecule has 3 aromatic carbocycles. The van der Waals surface area contributed by atoms with E-state index in [1.807, 2.05) is 4.90 Å². The van der Waals surface area contributed by atoms with Crippen LogP contribution in [0.1, 0.15) is 32.4 Å². The Morgan fingerprint density at radius 2 is 1.53 bits per heavy atom. The van der Waals surface area contributed by atoms with Gasteiger partial charge in [0.05, 0.1) is 29.4 Å². The number of Topliss-reactive ketones (excluding diaryl/α,β-unsaturated/α-hetero) is 1. The van der Waals surface area contributed by atoms with E-state index in [0.717, 1.165) is 0 Å². The van der Waals surface area contributed by atoms with Crippen LogP contribution in [0.2, 0.25) is 0 Å². The van der Waals surface area contributed by atoms with Gasteiger partial charge in [0.2, 0.25) is 15.8 Å². The molecular formula is C25H24N2O6S. The second-order valence-corrected chi connectivity index (χ2v) is 9.31. The van der Waals surface area contributed by atoms with Crippen molar-refractivity contribution < 1.29 is 27.5 Å². The number of benzene rings is 3. The predicted octanol–water partition coefficient (Wildman–Crippen LogP) is 2.95. The molecule has 2 N–H and O–H groups in total. The molecule has 1 heterocycles. The fraction of sp³-hybridized carbons (Fsp3) is 0.200. The molecule has 0 aliphatic carbocycles. The Kier molecular flexibility index (Phi) is 7.06. The Morgan fingerprint density at radius 3 is 2.15 bits per heavy atom. The summed E-state index contributed by atoms with van der Waals surface area (Å²) >= 11 is 0. The maximum absolute atomic E-state index is 13.4. The van der Waals surface area contributed by atoms with Gasteiger partial charge in [0.1, 0.15) is 0 Å². The van der Waals surface area contributed by atoms with Crippen molar-refractivity contribution in [1.29, 1.82) is 0 Å². The average Bonchev–Trinajstić information content (AvgIpc) is 2.87. The molecule has 0 unspecified atom stereocenters. The number of anilines is 1. The number of ketones is 1. The smallest absolute Gasteiger partial charge is 0.341 e. The van der Waals surface area contributed by atoms with Crippen LogP contribution in [-0.4, -0.2) is 46.5 Å². The van der Waals surface area contributed by atoms with Crippen LogP contribution < -0.4 is 10.0 Å². The summed E-state index contributed by atoms with van der Waals surface area (Å²) in [4.78, 5) is 28.4. The van der Waals surface area contributed by atoms with Gasteiger partial charge < -0.3 is 14.4 Å². The highest BCUT2D eigenvalue weighted by atomic mass is 32.2. The Morgan fingerprint density at radius 1 is 0.912 bits per heavy atom. The molecule has 0 radical (unpaired) electrons. The second-order valence-electron chi connectivity index (χ2n) is 7.75. The highest BCUT2D eigenvalue weighted by Gasteiger charge is 2.29. The number of sulfonamides is 1. The van der Waals surface area contributed by atoms with Crippen LogP contribution in [0.15, 0.2) is 83.8 Å². The van der Waals surface area contributed by atoms with E-state index in [-0.39, 0.29) is 10.5 Å². The largest absolute Gasteiger partial charge is 0.445 e. The van der Waals surface area contributed by atoms with Gasteiger partial charge in [0, 0.05) is 24.2 Å². The summed E-state index contributed by atoms with van der Waals surface area (Å²) in [5.41, 5.74) is 1.38. The van der Waals surface area contributed by atoms with E-state index in [1.54, 1.807) is 60.7 Å². The third-order valence-electron chi connectivity index (χ3n) is 5.49. The van der Waals surface area contributed by atoms with Gasteiger partial charge in [0.15, 0.2) is 6.10 Å². The molecule has 34 heavy (non-hydrogen) atoms. The molecule has 4 rings (SSSR count). The van der Waals surface area contributed by atoms with E-state index < -0.39 is 27.9 Å². The van der Waals surface area contributed by atoms with Crippen molar-refractivity contribution >= 4 is 27.5 Å². The number of hydrogen-bond acceptors (Lipinski definition) is 7. The number of morpholine rings is 1. The summed E-state index contributed by atoms with van der Waals surface area (Å²) in [6, 6.07) is 21.3. The maximum Gasteiger partial charge on any atom is 0.341 e. The molecule has 1 aliphatic rings. The molecule has 0 aromatic heterocycles. The van der Waals surface area contributed by atoms with Gasteiger partial charge in [-0.1, -0.05) is 60.7 Å². The SMILES string of the molecule is NS(=O)(=O)c1ccc(N2CCOCC2)c(C(=O)O[C@H](C(=O)c2ccccc2)c2ccccc2)c1. The van der Waals surface area contributed by atoms with Gasteiger partial charge in [0.25, 0.3) is 0 Å². The van der Waals surface area contributed by atoms with Crippen LogP contribution in [0, 0.1) is 0 Å². The zero-order valence-corrected chi connectivity index (χ0v) is 19.1. The quantitative estimate of drug-likeness (QED) is 0.408. The molecule has 3 aromatic rings. The minimum Gasteiger partial charge on any atom is -0.445 e. The molecular weight excluding hydrogens is 456 g/mol. The number of nitrogens with zero attached hydrogens (tertiary/aromatic N) is 1. The molecule has 0 bridgehead atoms. The minimum absolute atomic E-state index is 0.00946. The summed E-state index contributed by atoms with van der Waals surface area (Å²) in [5, 5.41) is 5.30. The van der Waals surface area contributed by atoms with Crippen molar-refractivity contribution in [1.82, 2.24) is 0 Å². The maximum atomic E-state index is 13.4. The number of carbonyl (C=O) groups excluding carboxylic acids is 2. The van der Waals surface area contributed by atoms with Crippen molar-refractivity contribution in [2.45, 2.75) is 11.0 Å². The molecule has 0 saturated carbocycles. The van der Waals surface area contributed by atoms with E-state index in [0.29, 0.717) is 43.1 Å². The van der Waals surface area contributed by atoms with Crippen molar-refractivity contribution in [2.75, 3.05) is 31.2 Å². The first-order chi connectivity index (χ1) is 16.3. The number of ether oxygens (including phenoxy) is 2. The lowest BCUT2D eigenvalue weighted by Gasteiger charge is -2.30. The minimum atomic E-state index is -4.06. The van der Waals surface area contributed by atoms with Gasteiger partial charge in [-0.05, 0) is 18.2 Å². The Labute approximate surface area is 198 Å². The molecule has 1 saturated heterocycles. The lowest BCUT2D eigenvalue weighted by Crippen LogP contribution is -2.37. The van der Waals surface area contributed by atoms with Gasteiger partial charge >= 0.3 is 5.97 Å². The topological polar surface area (TPSA) is 116 Å². The Hall–Kier alpha value is -3.53. The van der Waals surface area contributed by atoms with E-state index in [9.17, 15) is 18.0 Å². The van der Waals surface area contributed by atoms with Gasteiger partial charge in [-0.15, -0.1) is 0 Å². The summed E-state index contributed by atoms with van der Waals surface area (Å²) in [6.45, 7) is 1.95. The lowest BCUT2D eigenvalue weighted by molar-refractivity contribution is 0.0280. The summed E-state index contributed by atoms with van der Waals surface area (Å²) in [5.74, 6) is -1.22. The first-order valence-electron chi connectivity index (χ1n) is 10.7. The number of carbonyl (C=O) groups is 2. The number of esters is 1. The van der Waals surface area contributed by atoms with E-state index in [4.69, 9.17) is 14.6 Å². The van der Waals surface area contributed by atoms with Crippen LogP contribution in [0.4, 0.5) is 5.69 Å². The molecule has 176 valence electrons. The molecule has 0 spiro atoms. The fourth-order valence-corrected chi connectivity index (χ4v) is 4.30. The van der Waals surface area contributed by atoms with Crippen LogP contribution in [0.5, 0.6) is 0 Å². The Balaban J connectivity index is 1.74. The third-order valence-corrected chi connectivity index (χ3v) is 6.40. The van der Waals surface area contributed by atoms with Gasteiger partial charge in [-0.25, -0.2) is 18.4 Å². The van der Waals surface area contributed by atoms with E-state index in [1.165, 1.54) is 18.2 Å². The van der Waals surface area contributed by atoms with E-state index >= 15 is 0 Å². The van der Waals surface area contributed by atoms with Crippen LogP contribution in [-0.2, 0) is 19.5 Å². The number of primary sulfonamides is 1. The van der Waals surface area contributed by atoms with Crippen LogP contribution >= 0.6 is 0 Å². The zero-order chi connectivity index (χ0) is 24.1. The predicted molar refractivity (Wildman–Crippen MR) is 126 cm³/mol. The molecule has 1 fully saturated rings. The van der Waals surface area contributed by atoms with Gasteiger partial charge in [-0.3, -0.25) is 4.79 Å². The lowest BCUT2D eigenvalue weighted by atomic mass is 9.99. The molecule has 8 nitrogen and oxygen atoms in total. The first kappa shape index (κ1) is 23.6. The molecule has 9 heteroatoms.